The minimum Gasteiger partial charge on any atom is -0.376 e. The average molecular weight is 269 g/mol. The third kappa shape index (κ3) is 2.39. The molecule has 0 aliphatic heterocycles. The van der Waals surface area contributed by atoms with Crippen molar-refractivity contribution in [2.24, 2.45) is 0 Å². The lowest BCUT2D eigenvalue weighted by Gasteiger charge is -2.47. The average Bonchev–Trinajstić information content (AvgIpc) is 2.34. The second kappa shape index (κ2) is 5.55. The predicted octanol–water partition coefficient (Wildman–Crippen LogP) is 3.49. The smallest absolute Gasteiger partial charge is 0.133 e. The van der Waals surface area contributed by atoms with Gasteiger partial charge in [-0.3, -0.25) is 0 Å². The minimum atomic E-state index is -0.502. The van der Waals surface area contributed by atoms with Gasteiger partial charge >= 0.3 is 0 Å². The number of benzene rings is 1. The second-order valence-electron chi connectivity index (χ2n) is 5.21. The monoisotopic (exact) mass is 269 g/mol. The third-order valence-corrected chi connectivity index (χ3v) is 4.15. The highest BCUT2D eigenvalue weighted by Gasteiger charge is 2.46. The van der Waals surface area contributed by atoms with Crippen LogP contribution in [-0.2, 0) is 4.74 Å². The highest BCUT2D eigenvalue weighted by molar-refractivity contribution is 5.32. The van der Waals surface area contributed by atoms with Gasteiger partial charge in [0.05, 0.1) is 11.6 Å². The molecular formula is C15H21F2NO. The summed E-state index contributed by atoms with van der Waals surface area (Å²) in [7, 11) is 1.62. The van der Waals surface area contributed by atoms with Crippen molar-refractivity contribution in [3.63, 3.8) is 0 Å². The van der Waals surface area contributed by atoms with E-state index in [9.17, 15) is 8.78 Å². The quantitative estimate of drug-likeness (QED) is 0.883. The van der Waals surface area contributed by atoms with Crippen LogP contribution in [-0.4, -0.2) is 19.3 Å². The fourth-order valence-corrected chi connectivity index (χ4v) is 2.83. The van der Waals surface area contributed by atoms with E-state index in [0.29, 0.717) is 12.1 Å². The first kappa shape index (κ1) is 14.4. The van der Waals surface area contributed by atoms with Gasteiger partial charge in [-0.05, 0) is 44.4 Å². The van der Waals surface area contributed by atoms with Crippen molar-refractivity contribution >= 4 is 0 Å². The lowest BCUT2D eigenvalue weighted by molar-refractivity contribution is -0.101. The summed E-state index contributed by atoms with van der Waals surface area (Å²) in [6, 6.07) is 2.37. The normalized spacial score (nSPS) is 19.0. The summed E-state index contributed by atoms with van der Waals surface area (Å²) >= 11 is 0. The summed E-state index contributed by atoms with van der Waals surface area (Å²) in [5.41, 5.74) is 0.0964. The molecule has 1 unspecified atom stereocenters. The summed E-state index contributed by atoms with van der Waals surface area (Å²) in [5.74, 6) is -0.966. The highest BCUT2D eigenvalue weighted by atomic mass is 19.1. The van der Waals surface area contributed by atoms with Crippen LogP contribution in [0.3, 0.4) is 0 Å². The Hall–Kier alpha value is -1.00. The van der Waals surface area contributed by atoms with Gasteiger partial charge < -0.3 is 10.1 Å². The van der Waals surface area contributed by atoms with Gasteiger partial charge in [0, 0.05) is 12.7 Å². The number of ether oxygens (including phenoxy) is 1. The minimum absolute atomic E-state index is 0.114. The van der Waals surface area contributed by atoms with Crippen LogP contribution in [0.5, 0.6) is 0 Å². The molecule has 0 bridgehead atoms. The summed E-state index contributed by atoms with van der Waals surface area (Å²) in [4.78, 5) is 0. The van der Waals surface area contributed by atoms with Crippen molar-refractivity contribution in [2.75, 3.05) is 13.7 Å². The highest BCUT2D eigenvalue weighted by Crippen LogP contribution is 2.46. The van der Waals surface area contributed by atoms with Crippen molar-refractivity contribution in [3.05, 3.63) is 34.9 Å². The molecule has 106 valence electrons. The number of halogens is 2. The summed E-state index contributed by atoms with van der Waals surface area (Å²) in [5, 5.41) is 3.20. The van der Waals surface area contributed by atoms with Crippen LogP contribution in [0.25, 0.3) is 0 Å². The molecule has 0 radical (unpaired) electrons. The van der Waals surface area contributed by atoms with Crippen molar-refractivity contribution in [3.8, 4) is 0 Å². The summed E-state index contributed by atoms with van der Waals surface area (Å²) in [6.45, 7) is 4.23. The Balaban J connectivity index is 2.47. The van der Waals surface area contributed by atoms with Crippen LogP contribution < -0.4 is 5.32 Å². The molecule has 1 aromatic rings. The molecule has 1 aromatic carbocycles. The Bertz CT molecular complexity index is 452. The molecule has 1 fully saturated rings. The van der Waals surface area contributed by atoms with Crippen LogP contribution in [0.4, 0.5) is 8.78 Å². The molecule has 19 heavy (non-hydrogen) atoms. The molecule has 1 aliphatic carbocycles. The molecular weight excluding hydrogens is 248 g/mol. The zero-order valence-corrected chi connectivity index (χ0v) is 11.7. The van der Waals surface area contributed by atoms with Crippen LogP contribution in [0.15, 0.2) is 12.1 Å². The van der Waals surface area contributed by atoms with Gasteiger partial charge in [-0.25, -0.2) is 8.78 Å². The van der Waals surface area contributed by atoms with Crippen LogP contribution in [0.2, 0.25) is 0 Å². The van der Waals surface area contributed by atoms with Gasteiger partial charge in [-0.2, -0.15) is 0 Å². The van der Waals surface area contributed by atoms with Crippen molar-refractivity contribution in [1.29, 1.82) is 0 Å². The molecule has 2 rings (SSSR count). The van der Waals surface area contributed by atoms with E-state index in [1.54, 1.807) is 14.0 Å². The van der Waals surface area contributed by atoms with Crippen LogP contribution in [0, 0.1) is 18.6 Å². The van der Waals surface area contributed by atoms with Crippen LogP contribution >= 0.6 is 0 Å². The number of methoxy groups -OCH3 is 1. The Labute approximate surface area is 113 Å². The molecule has 1 N–H and O–H groups in total. The van der Waals surface area contributed by atoms with E-state index < -0.39 is 23.3 Å². The van der Waals surface area contributed by atoms with E-state index >= 15 is 0 Å². The third-order valence-electron chi connectivity index (χ3n) is 4.15. The van der Waals surface area contributed by atoms with Gasteiger partial charge in [0.1, 0.15) is 11.6 Å². The summed E-state index contributed by atoms with van der Waals surface area (Å²) in [6.07, 6.45) is 2.69. The Morgan fingerprint density at radius 3 is 2.53 bits per heavy atom. The zero-order valence-electron chi connectivity index (χ0n) is 11.7. The maximum atomic E-state index is 14.3. The lowest BCUT2D eigenvalue weighted by Crippen LogP contribution is -2.51. The Kier molecular flexibility index (Phi) is 4.21. The number of nitrogens with one attached hydrogen (secondary N) is 1. The standard InChI is InChI=1S/C15H21F2NO/c1-4-18-14(15(19-3)8-5-9-15)12-11(16)7-6-10(2)13(12)17/h6-7,14,18H,4-5,8-9H2,1-3H3. The number of hydrogen-bond acceptors (Lipinski definition) is 2. The molecule has 0 amide bonds. The first-order valence-electron chi connectivity index (χ1n) is 6.78. The molecule has 1 atom stereocenters. The number of aryl methyl sites for hydroxylation is 1. The SMILES string of the molecule is CCNC(c1c(F)ccc(C)c1F)C1(OC)CCC1. The van der Waals surface area contributed by atoms with E-state index in [-0.39, 0.29) is 5.56 Å². The fraction of sp³-hybridized carbons (Fsp3) is 0.600. The number of likely N-dealkylation sites (N-methyl/N-ethyl adjacent to an activating group) is 1. The molecule has 0 saturated heterocycles. The maximum Gasteiger partial charge on any atom is 0.133 e. The van der Waals surface area contributed by atoms with E-state index in [1.807, 2.05) is 6.92 Å². The molecule has 0 aromatic heterocycles. The predicted molar refractivity (Wildman–Crippen MR) is 71.1 cm³/mol. The second-order valence-corrected chi connectivity index (χ2v) is 5.21. The topological polar surface area (TPSA) is 21.3 Å². The first-order chi connectivity index (χ1) is 9.05. The zero-order chi connectivity index (χ0) is 14.0. The van der Waals surface area contributed by atoms with Gasteiger partial charge in [0.25, 0.3) is 0 Å². The van der Waals surface area contributed by atoms with Crippen LogP contribution in [0.1, 0.15) is 43.4 Å². The maximum absolute atomic E-state index is 14.3. The Morgan fingerprint density at radius 2 is 2.05 bits per heavy atom. The molecule has 0 spiro atoms. The van der Waals surface area contributed by atoms with E-state index in [1.165, 1.54) is 12.1 Å². The van der Waals surface area contributed by atoms with Crippen molar-refractivity contribution in [1.82, 2.24) is 5.32 Å². The van der Waals surface area contributed by atoms with E-state index in [0.717, 1.165) is 19.3 Å². The van der Waals surface area contributed by atoms with Gasteiger partial charge in [0.15, 0.2) is 0 Å². The fourth-order valence-electron chi connectivity index (χ4n) is 2.83. The van der Waals surface area contributed by atoms with Crippen molar-refractivity contribution in [2.45, 2.75) is 44.8 Å². The molecule has 4 heteroatoms. The number of hydrogen-bond donors (Lipinski definition) is 1. The summed E-state index contributed by atoms with van der Waals surface area (Å²) < 4.78 is 34.0. The van der Waals surface area contributed by atoms with Gasteiger partial charge in [-0.1, -0.05) is 13.0 Å². The first-order valence-corrected chi connectivity index (χ1v) is 6.78. The molecule has 0 heterocycles. The van der Waals surface area contributed by atoms with E-state index in [4.69, 9.17) is 4.74 Å². The lowest BCUT2D eigenvalue weighted by atomic mass is 9.71. The molecule has 1 saturated carbocycles. The largest absolute Gasteiger partial charge is 0.376 e. The Morgan fingerprint density at radius 1 is 1.37 bits per heavy atom. The van der Waals surface area contributed by atoms with Crippen molar-refractivity contribution < 1.29 is 13.5 Å². The number of rotatable bonds is 5. The van der Waals surface area contributed by atoms with E-state index in [2.05, 4.69) is 5.32 Å². The molecule has 1 aliphatic rings. The molecule has 2 nitrogen and oxygen atoms in total. The van der Waals surface area contributed by atoms with Gasteiger partial charge in [0.2, 0.25) is 0 Å². The van der Waals surface area contributed by atoms with Gasteiger partial charge in [-0.15, -0.1) is 0 Å².